The summed E-state index contributed by atoms with van der Waals surface area (Å²) in [5, 5.41) is 20.5. The number of thiazole rings is 1. The Hall–Kier alpha value is -3.78. The number of anilines is 2. The minimum Gasteiger partial charge on any atom is -0.494 e. The average Bonchev–Trinajstić information content (AvgIpc) is 3.56. The molecule has 0 aliphatic carbocycles. The lowest BCUT2D eigenvalue weighted by atomic mass is 10.2. The number of hydrogen-bond donors (Lipinski definition) is 3. The minimum atomic E-state index is -0.349. The Kier molecular flexibility index (Phi) is 8.28. The molecule has 0 aromatic carbocycles. The van der Waals surface area contributed by atoms with Crippen LogP contribution in [0, 0.1) is 0 Å². The molecule has 12 nitrogen and oxygen atoms in total. The lowest BCUT2D eigenvalue weighted by Gasteiger charge is -2.30. The summed E-state index contributed by atoms with van der Waals surface area (Å²) in [6.07, 6.45) is 6.70. The molecule has 0 atom stereocenters. The molecule has 0 saturated carbocycles. The fourth-order valence-electron chi connectivity index (χ4n) is 4.08. The van der Waals surface area contributed by atoms with E-state index in [0.717, 1.165) is 31.9 Å². The van der Waals surface area contributed by atoms with Crippen molar-refractivity contribution in [3.63, 3.8) is 0 Å². The molecule has 0 radical (unpaired) electrons. The second kappa shape index (κ2) is 12.2. The maximum Gasteiger partial charge on any atom is 0.275 e. The van der Waals surface area contributed by atoms with Gasteiger partial charge in [-0.25, -0.2) is 9.97 Å². The third-order valence-corrected chi connectivity index (χ3v) is 6.83. The van der Waals surface area contributed by atoms with Gasteiger partial charge >= 0.3 is 0 Å². The molecule has 1 fully saturated rings. The van der Waals surface area contributed by atoms with Crippen molar-refractivity contribution in [2.75, 3.05) is 69.9 Å². The molecular weight excluding hydrogens is 510 g/mol. The lowest BCUT2D eigenvalue weighted by Crippen LogP contribution is -2.43. The predicted molar refractivity (Wildman–Crippen MR) is 144 cm³/mol. The van der Waals surface area contributed by atoms with E-state index in [2.05, 4.69) is 30.5 Å². The summed E-state index contributed by atoms with van der Waals surface area (Å²) in [4.78, 5) is 28.2. The third kappa shape index (κ3) is 5.86. The number of aromatic hydroxyl groups is 1. The van der Waals surface area contributed by atoms with Crippen molar-refractivity contribution in [1.29, 1.82) is 0 Å². The van der Waals surface area contributed by atoms with Crippen LogP contribution in [-0.4, -0.2) is 90.2 Å². The van der Waals surface area contributed by atoms with Gasteiger partial charge in [-0.15, -0.1) is 11.3 Å². The van der Waals surface area contributed by atoms with E-state index in [-0.39, 0.29) is 17.5 Å². The monoisotopic (exact) mass is 539 g/mol. The van der Waals surface area contributed by atoms with Crippen LogP contribution in [0.3, 0.4) is 0 Å². The number of fused-ring (bicyclic) bond motifs is 1. The van der Waals surface area contributed by atoms with Crippen molar-refractivity contribution in [3.8, 4) is 16.9 Å². The topological polar surface area (TPSA) is 136 Å². The highest BCUT2D eigenvalue weighted by atomic mass is 32.1. The number of piperazine rings is 1. The predicted octanol–water partition coefficient (Wildman–Crippen LogP) is 2.29. The van der Waals surface area contributed by atoms with Gasteiger partial charge in [0.25, 0.3) is 5.91 Å². The van der Waals surface area contributed by atoms with Crippen LogP contribution in [0.1, 0.15) is 10.5 Å². The number of nitrogens with one attached hydrogen (secondary N) is 2. The molecule has 0 spiro atoms. The zero-order valence-electron chi connectivity index (χ0n) is 20.9. The molecule has 3 N–H and O–H groups in total. The van der Waals surface area contributed by atoms with Gasteiger partial charge in [0, 0.05) is 68.7 Å². The highest BCUT2D eigenvalue weighted by Crippen LogP contribution is 2.33. The molecule has 1 saturated heterocycles. The van der Waals surface area contributed by atoms with Gasteiger partial charge in [-0.05, 0) is 6.07 Å². The molecule has 4 aromatic rings. The number of methoxy groups -OCH3 is 1. The Balaban J connectivity index is 1.27. The zero-order valence-corrected chi connectivity index (χ0v) is 21.7. The largest absolute Gasteiger partial charge is 0.494 e. The number of carbonyl (C=O) groups is 1. The number of aromatic nitrogens is 4. The Labute approximate surface area is 223 Å². The lowest BCUT2D eigenvalue weighted by molar-refractivity contribution is 0.0537. The number of ether oxygens (including phenoxy) is 3. The van der Waals surface area contributed by atoms with Crippen molar-refractivity contribution < 1.29 is 24.1 Å². The molecule has 200 valence electrons. The van der Waals surface area contributed by atoms with Crippen LogP contribution < -0.4 is 20.3 Å². The highest BCUT2D eigenvalue weighted by molar-refractivity contribution is 7.12. The van der Waals surface area contributed by atoms with Crippen LogP contribution in [0.15, 0.2) is 42.3 Å². The standard InChI is InChI=1S/C25H29N7O5S/c1-35-8-9-36-10-11-37-22-12-18-17(13-28-22)15-32(24(18)34)25-30-20(16-38-25)23(33)29-19-14-27-3-2-21(19)31-6-4-26-5-7-31/h2-3,12-16,26,34H,4-11H2,1H3,(H,29,33). The first kappa shape index (κ1) is 25.9. The van der Waals surface area contributed by atoms with Gasteiger partial charge in [0.05, 0.1) is 42.8 Å². The van der Waals surface area contributed by atoms with E-state index >= 15 is 0 Å². The van der Waals surface area contributed by atoms with Crippen LogP contribution >= 0.6 is 11.3 Å². The van der Waals surface area contributed by atoms with E-state index in [1.54, 1.807) is 43.3 Å². The smallest absolute Gasteiger partial charge is 0.275 e. The first-order valence-electron chi connectivity index (χ1n) is 12.2. The zero-order chi connectivity index (χ0) is 26.3. The van der Waals surface area contributed by atoms with Crippen LogP contribution in [0.5, 0.6) is 11.8 Å². The Morgan fingerprint density at radius 3 is 2.89 bits per heavy atom. The van der Waals surface area contributed by atoms with Gasteiger partial charge in [0.15, 0.2) is 5.13 Å². The molecular formula is C25H29N7O5S. The second-order valence-electron chi connectivity index (χ2n) is 8.49. The minimum absolute atomic E-state index is 0.0156. The van der Waals surface area contributed by atoms with Crippen LogP contribution in [0.25, 0.3) is 15.9 Å². The summed E-state index contributed by atoms with van der Waals surface area (Å²) in [6, 6.07) is 3.56. The molecule has 1 aliphatic heterocycles. The van der Waals surface area contributed by atoms with Gasteiger partial charge < -0.3 is 34.9 Å². The molecule has 1 amide bonds. The van der Waals surface area contributed by atoms with Crippen LogP contribution in [0.4, 0.5) is 11.4 Å². The summed E-state index contributed by atoms with van der Waals surface area (Å²) >= 11 is 1.25. The quantitative estimate of drug-likeness (QED) is 0.244. The Morgan fingerprint density at radius 2 is 2.05 bits per heavy atom. The molecule has 0 unspecified atom stereocenters. The second-order valence-corrected chi connectivity index (χ2v) is 9.32. The summed E-state index contributed by atoms with van der Waals surface area (Å²) in [5.74, 6) is 0.00757. The average molecular weight is 540 g/mol. The fourth-order valence-corrected chi connectivity index (χ4v) is 4.86. The molecule has 38 heavy (non-hydrogen) atoms. The van der Waals surface area contributed by atoms with E-state index in [9.17, 15) is 9.90 Å². The summed E-state index contributed by atoms with van der Waals surface area (Å²) in [5.41, 5.74) is 1.80. The maximum absolute atomic E-state index is 13.0. The van der Waals surface area contributed by atoms with Gasteiger partial charge in [-0.3, -0.25) is 14.3 Å². The molecule has 5 rings (SSSR count). The van der Waals surface area contributed by atoms with E-state index in [1.807, 2.05) is 6.07 Å². The SMILES string of the molecule is COCCOCCOc1cc2c(O)n(-c3nc(C(=O)Nc4cnccc4N4CCNCC4)cs3)cc2cn1. The highest BCUT2D eigenvalue weighted by Gasteiger charge is 2.19. The van der Waals surface area contributed by atoms with Crippen molar-refractivity contribution in [1.82, 2.24) is 24.8 Å². The summed E-state index contributed by atoms with van der Waals surface area (Å²) in [6.45, 7) is 5.18. The fraction of sp³-hybridized carbons (Fsp3) is 0.360. The normalized spacial score (nSPS) is 13.7. The number of pyridine rings is 2. The number of carbonyl (C=O) groups excluding carboxylic acids is 1. The van der Waals surface area contributed by atoms with Crippen LogP contribution in [0.2, 0.25) is 0 Å². The van der Waals surface area contributed by atoms with Crippen molar-refractivity contribution >= 4 is 39.4 Å². The molecule has 1 aliphatic rings. The first-order valence-corrected chi connectivity index (χ1v) is 13.1. The van der Waals surface area contributed by atoms with Gasteiger partial charge in [0.2, 0.25) is 11.8 Å². The van der Waals surface area contributed by atoms with Crippen LogP contribution in [-0.2, 0) is 9.47 Å². The molecule has 5 heterocycles. The number of rotatable bonds is 11. The third-order valence-electron chi connectivity index (χ3n) is 5.99. The molecule has 13 heteroatoms. The number of hydrogen-bond acceptors (Lipinski definition) is 11. The van der Waals surface area contributed by atoms with Gasteiger partial charge in [-0.2, -0.15) is 0 Å². The number of nitrogens with zero attached hydrogens (tertiary/aromatic N) is 5. The number of amides is 1. The molecule has 0 bridgehead atoms. The molecule has 4 aromatic heterocycles. The van der Waals surface area contributed by atoms with E-state index < -0.39 is 0 Å². The van der Waals surface area contributed by atoms with E-state index in [4.69, 9.17) is 14.2 Å². The maximum atomic E-state index is 13.0. The first-order chi connectivity index (χ1) is 18.6. The summed E-state index contributed by atoms with van der Waals surface area (Å²) in [7, 11) is 1.62. The van der Waals surface area contributed by atoms with Gasteiger partial charge in [0.1, 0.15) is 12.3 Å². The van der Waals surface area contributed by atoms with Crippen molar-refractivity contribution in [3.05, 3.63) is 48.0 Å². The Morgan fingerprint density at radius 1 is 1.21 bits per heavy atom. The summed E-state index contributed by atoms with van der Waals surface area (Å²) < 4.78 is 17.5. The van der Waals surface area contributed by atoms with Gasteiger partial charge in [-0.1, -0.05) is 0 Å². The van der Waals surface area contributed by atoms with Crippen molar-refractivity contribution in [2.45, 2.75) is 0 Å². The van der Waals surface area contributed by atoms with Crippen molar-refractivity contribution in [2.24, 2.45) is 0 Å². The van der Waals surface area contributed by atoms with E-state index in [0.29, 0.717) is 53.9 Å². The van der Waals surface area contributed by atoms with E-state index in [1.165, 1.54) is 15.9 Å². The Bertz CT molecular complexity index is 1390.